The summed E-state index contributed by atoms with van der Waals surface area (Å²) in [7, 11) is 0. The average Bonchev–Trinajstić information content (AvgIpc) is 2.32. The number of piperidine rings is 1. The minimum absolute atomic E-state index is 0. The van der Waals surface area contributed by atoms with Gasteiger partial charge >= 0.3 is 0 Å². The van der Waals surface area contributed by atoms with Gasteiger partial charge in [-0.1, -0.05) is 23.8 Å². The SMILES string of the molecule is Cc1ccc(C)c([C@H](N)C2CCNCC2)c1.Cl. The molecule has 0 radical (unpaired) electrons. The van der Waals surface area contributed by atoms with Crippen molar-refractivity contribution in [3.8, 4) is 0 Å². The number of nitrogens with two attached hydrogens (primary N) is 1. The number of aryl methyl sites for hydroxylation is 2. The Kier molecular flexibility index (Phi) is 5.44. The van der Waals surface area contributed by atoms with E-state index in [1.165, 1.54) is 29.5 Å². The van der Waals surface area contributed by atoms with Crippen LogP contribution in [0.5, 0.6) is 0 Å². The predicted octanol–water partition coefficient (Wildman–Crippen LogP) is 2.72. The van der Waals surface area contributed by atoms with E-state index in [9.17, 15) is 0 Å². The monoisotopic (exact) mass is 254 g/mol. The fraction of sp³-hybridized carbons (Fsp3) is 0.571. The van der Waals surface area contributed by atoms with Gasteiger partial charge in [0.2, 0.25) is 0 Å². The highest BCUT2D eigenvalue weighted by Crippen LogP contribution is 2.29. The first kappa shape index (κ1) is 14.5. The van der Waals surface area contributed by atoms with Gasteiger partial charge in [-0.2, -0.15) is 0 Å². The molecule has 96 valence electrons. The summed E-state index contributed by atoms with van der Waals surface area (Å²) in [6, 6.07) is 6.81. The van der Waals surface area contributed by atoms with E-state index in [4.69, 9.17) is 5.73 Å². The number of hydrogen-bond donors (Lipinski definition) is 2. The smallest absolute Gasteiger partial charge is 0.0327 e. The molecule has 17 heavy (non-hydrogen) atoms. The average molecular weight is 255 g/mol. The molecule has 1 aliphatic heterocycles. The lowest BCUT2D eigenvalue weighted by Crippen LogP contribution is -2.34. The second-order valence-electron chi connectivity index (χ2n) is 4.97. The zero-order valence-corrected chi connectivity index (χ0v) is 11.5. The third-order valence-electron chi connectivity index (χ3n) is 3.69. The Bertz CT molecular complexity index is 359. The van der Waals surface area contributed by atoms with E-state index in [1.54, 1.807) is 0 Å². The van der Waals surface area contributed by atoms with Crippen LogP contribution in [0.3, 0.4) is 0 Å². The second-order valence-corrected chi connectivity index (χ2v) is 4.97. The highest BCUT2D eigenvalue weighted by Gasteiger charge is 2.22. The molecule has 0 amide bonds. The first-order valence-corrected chi connectivity index (χ1v) is 6.22. The van der Waals surface area contributed by atoms with Crippen LogP contribution in [0.1, 0.15) is 35.6 Å². The molecule has 1 saturated heterocycles. The Morgan fingerprint density at radius 1 is 1.24 bits per heavy atom. The summed E-state index contributed by atoms with van der Waals surface area (Å²) >= 11 is 0. The van der Waals surface area contributed by atoms with Crippen LogP contribution >= 0.6 is 12.4 Å². The summed E-state index contributed by atoms with van der Waals surface area (Å²) in [6.45, 7) is 6.53. The summed E-state index contributed by atoms with van der Waals surface area (Å²) in [5.41, 5.74) is 10.4. The number of nitrogens with one attached hydrogen (secondary N) is 1. The standard InChI is InChI=1S/C14H22N2.ClH/c1-10-3-4-11(2)13(9-10)14(15)12-5-7-16-8-6-12;/h3-4,9,12,14,16H,5-8,15H2,1-2H3;1H/t14-;/m1./s1. The molecule has 1 fully saturated rings. The second kappa shape index (κ2) is 6.39. The van der Waals surface area contributed by atoms with E-state index >= 15 is 0 Å². The van der Waals surface area contributed by atoms with Crippen molar-refractivity contribution in [3.05, 3.63) is 34.9 Å². The highest BCUT2D eigenvalue weighted by atomic mass is 35.5. The van der Waals surface area contributed by atoms with Gasteiger partial charge in [0.05, 0.1) is 0 Å². The Morgan fingerprint density at radius 2 is 1.88 bits per heavy atom. The van der Waals surface area contributed by atoms with Crippen LogP contribution in [-0.4, -0.2) is 13.1 Å². The maximum absolute atomic E-state index is 6.41. The third kappa shape index (κ3) is 3.44. The number of halogens is 1. The Morgan fingerprint density at radius 3 is 2.53 bits per heavy atom. The Balaban J connectivity index is 0.00000144. The van der Waals surface area contributed by atoms with Gasteiger partial charge in [-0.3, -0.25) is 0 Å². The van der Waals surface area contributed by atoms with Crippen molar-refractivity contribution in [2.75, 3.05) is 13.1 Å². The minimum Gasteiger partial charge on any atom is -0.324 e. The van der Waals surface area contributed by atoms with E-state index in [-0.39, 0.29) is 18.4 Å². The van der Waals surface area contributed by atoms with E-state index in [0.717, 1.165) is 13.1 Å². The molecule has 1 atom stereocenters. The normalized spacial score (nSPS) is 18.5. The summed E-state index contributed by atoms with van der Waals surface area (Å²) in [5.74, 6) is 0.641. The summed E-state index contributed by atoms with van der Waals surface area (Å²) in [6.07, 6.45) is 2.41. The van der Waals surface area contributed by atoms with Crippen molar-refractivity contribution in [2.24, 2.45) is 11.7 Å². The molecule has 1 aromatic carbocycles. The van der Waals surface area contributed by atoms with E-state index in [1.807, 2.05) is 0 Å². The van der Waals surface area contributed by atoms with Crippen LogP contribution in [0.2, 0.25) is 0 Å². The van der Waals surface area contributed by atoms with Crippen LogP contribution in [0.25, 0.3) is 0 Å². The van der Waals surface area contributed by atoms with Crippen LogP contribution in [0.15, 0.2) is 18.2 Å². The van der Waals surface area contributed by atoms with Crippen LogP contribution in [0, 0.1) is 19.8 Å². The third-order valence-corrected chi connectivity index (χ3v) is 3.69. The quantitative estimate of drug-likeness (QED) is 0.852. The number of rotatable bonds is 2. The summed E-state index contributed by atoms with van der Waals surface area (Å²) in [4.78, 5) is 0. The molecular formula is C14H23ClN2. The molecule has 2 rings (SSSR count). The summed E-state index contributed by atoms with van der Waals surface area (Å²) in [5, 5.41) is 3.39. The molecule has 3 heteroatoms. The first-order chi connectivity index (χ1) is 7.68. The van der Waals surface area contributed by atoms with Crippen molar-refractivity contribution < 1.29 is 0 Å². The summed E-state index contributed by atoms with van der Waals surface area (Å²) < 4.78 is 0. The molecule has 0 saturated carbocycles. The lowest BCUT2D eigenvalue weighted by atomic mass is 9.84. The fourth-order valence-electron chi connectivity index (χ4n) is 2.58. The molecule has 0 aliphatic carbocycles. The zero-order valence-electron chi connectivity index (χ0n) is 10.7. The molecule has 1 aromatic rings. The van der Waals surface area contributed by atoms with Gasteiger partial charge in [-0.15, -0.1) is 12.4 Å². The molecule has 0 spiro atoms. The molecule has 0 aromatic heterocycles. The molecule has 1 heterocycles. The first-order valence-electron chi connectivity index (χ1n) is 6.22. The minimum atomic E-state index is 0. The topological polar surface area (TPSA) is 38.0 Å². The van der Waals surface area contributed by atoms with Crippen LogP contribution in [0.4, 0.5) is 0 Å². The van der Waals surface area contributed by atoms with Gasteiger partial charge < -0.3 is 11.1 Å². The van der Waals surface area contributed by atoms with Gasteiger partial charge in [-0.05, 0) is 56.8 Å². The van der Waals surface area contributed by atoms with E-state index in [2.05, 4.69) is 37.4 Å². The highest BCUT2D eigenvalue weighted by molar-refractivity contribution is 5.85. The number of benzene rings is 1. The number of hydrogen-bond acceptors (Lipinski definition) is 2. The maximum Gasteiger partial charge on any atom is 0.0327 e. The lowest BCUT2D eigenvalue weighted by Gasteiger charge is -2.29. The van der Waals surface area contributed by atoms with Crippen LogP contribution < -0.4 is 11.1 Å². The zero-order chi connectivity index (χ0) is 11.5. The van der Waals surface area contributed by atoms with E-state index in [0.29, 0.717) is 5.92 Å². The van der Waals surface area contributed by atoms with Gasteiger partial charge in [0.25, 0.3) is 0 Å². The van der Waals surface area contributed by atoms with Crippen molar-refractivity contribution in [1.82, 2.24) is 5.32 Å². The predicted molar refractivity (Wildman–Crippen MR) is 75.7 cm³/mol. The lowest BCUT2D eigenvalue weighted by molar-refractivity contribution is 0.321. The van der Waals surface area contributed by atoms with Crippen LogP contribution in [-0.2, 0) is 0 Å². The van der Waals surface area contributed by atoms with Crippen molar-refractivity contribution in [2.45, 2.75) is 32.7 Å². The fourth-order valence-corrected chi connectivity index (χ4v) is 2.58. The van der Waals surface area contributed by atoms with Crippen molar-refractivity contribution in [3.63, 3.8) is 0 Å². The Labute approximate surface area is 110 Å². The largest absolute Gasteiger partial charge is 0.324 e. The molecular weight excluding hydrogens is 232 g/mol. The Hall–Kier alpha value is -0.570. The van der Waals surface area contributed by atoms with Gasteiger partial charge in [-0.25, -0.2) is 0 Å². The van der Waals surface area contributed by atoms with Gasteiger partial charge in [0.1, 0.15) is 0 Å². The maximum atomic E-state index is 6.41. The van der Waals surface area contributed by atoms with Gasteiger partial charge in [0, 0.05) is 6.04 Å². The molecule has 0 unspecified atom stereocenters. The molecule has 2 nitrogen and oxygen atoms in total. The van der Waals surface area contributed by atoms with Crippen molar-refractivity contribution in [1.29, 1.82) is 0 Å². The van der Waals surface area contributed by atoms with E-state index < -0.39 is 0 Å². The molecule has 1 aliphatic rings. The van der Waals surface area contributed by atoms with Crippen molar-refractivity contribution >= 4 is 12.4 Å². The molecule has 3 N–H and O–H groups in total. The molecule has 0 bridgehead atoms. The van der Waals surface area contributed by atoms with Gasteiger partial charge in [0.15, 0.2) is 0 Å².